The molecular formula is C18H24BrIN4O2. The Bertz CT molecular complexity index is 857. The Morgan fingerprint density at radius 3 is 2.81 bits per heavy atom. The van der Waals surface area contributed by atoms with Crippen LogP contribution in [0.5, 0.6) is 0 Å². The topological polar surface area (TPSA) is 68.2 Å². The third-order valence-corrected chi connectivity index (χ3v) is 7.10. The third kappa shape index (κ3) is 3.95. The molecule has 0 radical (unpaired) electrons. The second kappa shape index (κ2) is 7.53. The Labute approximate surface area is 175 Å². The Morgan fingerprint density at radius 2 is 2.12 bits per heavy atom. The molecule has 1 aromatic carbocycles. The number of halogens is 2. The van der Waals surface area contributed by atoms with Gasteiger partial charge in [0.25, 0.3) is 0 Å². The van der Waals surface area contributed by atoms with Crippen LogP contribution in [0.2, 0.25) is 0 Å². The van der Waals surface area contributed by atoms with Gasteiger partial charge >= 0.3 is 6.09 Å². The summed E-state index contributed by atoms with van der Waals surface area (Å²) in [6.07, 6.45) is 1.80. The van der Waals surface area contributed by atoms with Crippen LogP contribution >= 0.6 is 38.5 Å². The highest BCUT2D eigenvalue weighted by Gasteiger charge is 2.24. The number of nitrogens with zero attached hydrogens (tertiary/aromatic N) is 2. The zero-order valence-corrected chi connectivity index (χ0v) is 19.2. The van der Waals surface area contributed by atoms with Crippen molar-refractivity contribution in [1.29, 1.82) is 0 Å². The largest absolute Gasteiger partial charge is 0.444 e. The van der Waals surface area contributed by atoms with E-state index in [9.17, 15) is 4.79 Å². The lowest BCUT2D eigenvalue weighted by Gasteiger charge is -2.20. The van der Waals surface area contributed by atoms with Crippen molar-refractivity contribution >= 4 is 61.6 Å². The van der Waals surface area contributed by atoms with Gasteiger partial charge in [-0.3, -0.25) is 0 Å². The molecule has 0 atom stereocenters. The molecule has 1 amide bonds. The van der Waals surface area contributed by atoms with E-state index in [1.807, 2.05) is 20.8 Å². The fraction of sp³-hybridized carbons (Fsp3) is 0.556. The maximum absolute atomic E-state index is 11.7. The van der Waals surface area contributed by atoms with Crippen LogP contribution in [0.25, 0.3) is 11.0 Å². The number of amides is 1. The first-order chi connectivity index (χ1) is 12.2. The second-order valence-corrected chi connectivity index (χ2v) is 9.35. The number of benzene rings is 1. The molecule has 0 spiro atoms. The van der Waals surface area contributed by atoms with Gasteiger partial charge in [0.1, 0.15) is 11.1 Å². The average Bonchev–Trinajstić information content (AvgIpc) is 2.93. The van der Waals surface area contributed by atoms with Crippen molar-refractivity contribution in [1.82, 2.24) is 14.9 Å². The molecular weight excluding hydrogens is 511 g/mol. The van der Waals surface area contributed by atoms with Gasteiger partial charge in [-0.05, 0) is 90.2 Å². The number of imidazole rings is 1. The summed E-state index contributed by atoms with van der Waals surface area (Å²) in [7, 11) is 0. The van der Waals surface area contributed by atoms with Gasteiger partial charge in [0.2, 0.25) is 5.95 Å². The molecule has 1 aromatic heterocycles. The first-order valence-corrected chi connectivity index (χ1v) is 10.6. The molecule has 6 nitrogen and oxygen atoms in total. The Morgan fingerprint density at radius 1 is 1.38 bits per heavy atom. The predicted molar refractivity (Wildman–Crippen MR) is 116 cm³/mol. The molecule has 1 aliphatic rings. The van der Waals surface area contributed by atoms with Crippen LogP contribution < -0.4 is 10.6 Å². The number of nitrogens with one attached hydrogen (secondary N) is 2. The van der Waals surface area contributed by atoms with Gasteiger partial charge in [-0.2, -0.15) is 0 Å². The third-order valence-electron chi connectivity index (χ3n) is 4.32. The van der Waals surface area contributed by atoms with E-state index < -0.39 is 11.7 Å². The summed E-state index contributed by atoms with van der Waals surface area (Å²) in [6.45, 7) is 9.75. The number of carbonyl (C=O) groups excluding carboxylic acids is 1. The molecule has 1 aliphatic heterocycles. The van der Waals surface area contributed by atoms with Gasteiger partial charge in [0.05, 0.1) is 9.09 Å². The molecule has 0 saturated heterocycles. The van der Waals surface area contributed by atoms with Gasteiger partial charge in [0.15, 0.2) is 0 Å². The maximum atomic E-state index is 11.7. The summed E-state index contributed by atoms with van der Waals surface area (Å²) in [5.41, 5.74) is 4.48. The van der Waals surface area contributed by atoms with E-state index in [-0.39, 0.29) is 0 Å². The zero-order chi connectivity index (χ0) is 19.1. The molecule has 142 valence electrons. The van der Waals surface area contributed by atoms with Crippen molar-refractivity contribution in [2.45, 2.75) is 52.7 Å². The van der Waals surface area contributed by atoms with E-state index >= 15 is 0 Å². The number of aromatic nitrogens is 2. The van der Waals surface area contributed by atoms with Gasteiger partial charge in [-0.15, -0.1) is 0 Å². The van der Waals surface area contributed by atoms with Gasteiger partial charge < -0.3 is 19.9 Å². The highest BCUT2D eigenvalue weighted by Crippen LogP contribution is 2.38. The summed E-state index contributed by atoms with van der Waals surface area (Å²) in [6, 6.07) is 0. The van der Waals surface area contributed by atoms with Crippen LogP contribution in [0.15, 0.2) is 4.47 Å². The minimum atomic E-state index is -0.485. The van der Waals surface area contributed by atoms with E-state index in [0.717, 1.165) is 38.9 Å². The summed E-state index contributed by atoms with van der Waals surface area (Å²) >= 11 is 6.07. The predicted octanol–water partition coefficient (Wildman–Crippen LogP) is 4.59. The van der Waals surface area contributed by atoms with Crippen molar-refractivity contribution in [3.05, 3.63) is 19.2 Å². The number of anilines is 1. The fourth-order valence-electron chi connectivity index (χ4n) is 3.22. The van der Waals surface area contributed by atoms with Crippen LogP contribution in [0, 0.1) is 10.5 Å². The fourth-order valence-corrected chi connectivity index (χ4v) is 4.42. The number of hydrogen-bond acceptors (Lipinski definition) is 4. The maximum Gasteiger partial charge on any atom is 0.407 e. The van der Waals surface area contributed by atoms with E-state index in [2.05, 4.69) is 60.6 Å². The lowest BCUT2D eigenvalue weighted by Crippen LogP contribution is -2.35. The highest BCUT2D eigenvalue weighted by molar-refractivity contribution is 14.1. The minimum Gasteiger partial charge on any atom is -0.444 e. The molecule has 0 saturated carbocycles. The number of aryl methyl sites for hydroxylation is 2. The monoisotopic (exact) mass is 534 g/mol. The average molecular weight is 535 g/mol. The Balaban J connectivity index is 1.73. The van der Waals surface area contributed by atoms with Crippen LogP contribution in [0.1, 0.15) is 38.3 Å². The minimum absolute atomic E-state index is 0.398. The standard InChI is InChI=1S/C18H24BrIN4O2/c1-10-11-6-5-9-24-15(11)14(13(20)12(10)19)23-16(24)21-7-8-22-17(25)26-18(2,3)4/h5-9H2,1-4H3,(H,21,23)(H,22,25). The SMILES string of the molecule is Cc1c(Br)c(I)c2nc(NCCNC(=O)OC(C)(C)C)n3c2c1CCC3. The van der Waals surface area contributed by atoms with E-state index in [0.29, 0.717) is 13.1 Å². The summed E-state index contributed by atoms with van der Waals surface area (Å²) in [5.74, 6) is 0.863. The van der Waals surface area contributed by atoms with Crippen LogP contribution in [-0.4, -0.2) is 34.3 Å². The summed E-state index contributed by atoms with van der Waals surface area (Å²) < 4.78 is 9.80. The normalized spacial score (nSPS) is 13.8. The molecule has 2 N–H and O–H groups in total. The zero-order valence-electron chi connectivity index (χ0n) is 15.5. The number of carbonyl (C=O) groups is 1. The first-order valence-electron chi connectivity index (χ1n) is 8.76. The van der Waals surface area contributed by atoms with Crippen molar-refractivity contribution in [3.63, 3.8) is 0 Å². The molecule has 0 bridgehead atoms. The number of ether oxygens (including phenoxy) is 1. The van der Waals surface area contributed by atoms with E-state index in [4.69, 9.17) is 9.72 Å². The van der Waals surface area contributed by atoms with Crippen LogP contribution in [0.4, 0.5) is 10.7 Å². The van der Waals surface area contributed by atoms with Crippen LogP contribution in [-0.2, 0) is 17.7 Å². The van der Waals surface area contributed by atoms with Crippen molar-refractivity contribution < 1.29 is 9.53 Å². The first kappa shape index (κ1) is 19.7. The number of alkyl carbamates (subject to hydrolysis) is 1. The van der Waals surface area contributed by atoms with Gasteiger partial charge in [0, 0.05) is 24.1 Å². The molecule has 0 aliphatic carbocycles. The molecule has 2 aromatic rings. The lowest BCUT2D eigenvalue weighted by molar-refractivity contribution is 0.0530. The van der Waals surface area contributed by atoms with Crippen LogP contribution in [0.3, 0.4) is 0 Å². The number of hydrogen-bond donors (Lipinski definition) is 2. The second-order valence-electron chi connectivity index (χ2n) is 7.47. The molecule has 0 unspecified atom stereocenters. The molecule has 8 heteroatoms. The summed E-state index contributed by atoms with van der Waals surface area (Å²) in [4.78, 5) is 16.6. The van der Waals surface area contributed by atoms with Gasteiger partial charge in [-0.25, -0.2) is 9.78 Å². The highest BCUT2D eigenvalue weighted by atomic mass is 127. The Hall–Kier alpha value is -1.03. The van der Waals surface area contributed by atoms with E-state index in [1.54, 1.807) is 0 Å². The van der Waals surface area contributed by atoms with Crippen molar-refractivity contribution in [2.24, 2.45) is 0 Å². The summed E-state index contributed by atoms with van der Waals surface area (Å²) in [5, 5.41) is 6.13. The van der Waals surface area contributed by atoms with E-state index in [1.165, 1.54) is 16.6 Å². The smallest absolute Gasteiger partial charge is 0.407 e. The molecule has 3 rings (SSSR count). The molecule has 2 heterocycles. The quantitative estimate of drug-likeness (QED) is 0.444. The van der Waals surface area contributed by atoms with Crippen molar-refractivity contribution in [2.75, 3.05) is 18.4 Å². The van der Waals surface area contributed by atoms with Gasteiger partial charge in [-0.1, -0.05) is 0 Å². The Kier molecular flexibility index (Phi) is 5.72. The van der Waals surface area contributed by atoms with Crippen molar-refractivity contribution in [3.8, 4) is 0 Å². The number of rotatable bonds is 4. The molecule has 0 fully saturated rings. The lowest BCUT2D eigenvalue weighted by atomic mass is 9.99. The molecule has 26 heavy (non-hydrogen) atoms.